The Morgan fingerprint density at radius 3 is 2.46 bits per heavy atom. The van der Waals surface area contributed by atoms with E-state index in [-0.39, 0.29) is 12.4 Å². The summed E-state index contributed by atoms with van der Waals surface area (Å²) in [5, 5.41) is 0. The van der Waals surface area contributed by atoms with E-state index >= 15 is 0 Å². The molecule has 2 fully saturated rings. The van der Waals surface area contributed by atoms with Gasteiger partial charge in [0.25, 0.3) is 0 Å². The van der Waals surface area contributed by atoms with Gasteiger partial charge >= 0.3 is 0 Å². The molecule has 0 radical (unpaired) electrons. The minimum absolute atomic E-state index is 0.183. The SMILES string of the molecule is CC1=C(c2ccc(Br)cc2)C(c2ccc(OC[C@H](C)N3CCC(C)C3)cc2)Oc2ccc(OC3CCCCO3)cc21. The van der Waals surface area contributed by atoms with Crippen LogP contribution in [0.15, 0.2) is 71.2 Å². The van der Waals surface area contributed by atoms with E-state index < -0.39 is 0 Å². The van der Waals surface area contributed by atoms with Crippen LogP contribution in [0.1, 0.15) is 69.2 Å². The van der Waals surface area contributed by atoms with Crippen molar-refractivity contribution in [1.82, 2.24) is 4.90 Å². The molecule has 3 aromatic rings. The normalized spacial score (nSPS) is 23.6. The van der Waals surface area contributed by atoms with Crippen molar-refractivity contribution in [2.24, 2.45) is 5.92 Å². The van der Waals surface area contributed by atoms with Crippen LogP contribution in [-0.2, 0) is 4.74 Å². The second kappa shape index (κ2) is 12.6. The third-order valence-electron chi connectivity index (χ3n) is 8.58. The number of allylic oxidation sites excluding steroid dienone is 1. The van der Waals surface area contributed by atoms with E-state index in [2.05, 4.69) is 96.2 Å². The van der Waals surface area contributed by atoms with Gasteiger partial charge in [0.15, 0.2) is 6.29 Å². The number of rotatable bonds is 8. The zero-order valence-corrected chi connectivity index (χ0v) is 25.9. The summed E-state index contributed by atoms with van der Waals surface area (Å²) in [6.07, 6.45) is 4.01. The Morgan fingerprint density at radius 1 is 0.976 bits per heavy atom. The number of fused-ring (bicyclic) bond motifs is 1. The standard InChI is InChI=1S/C35H40BrNO4/c1-23-17-18-37(21-23)24(2)22-39-29-13-9-27(10-14-29)35-34(26-7-11-28(36)12-8-26)25(3)31-20-30(15-16-32(31)41-35)40-33-6-4-5-19-38-33/h7-16,20,23-24,33,35H,4-6,17-19,21-22H2,1-3H3/t23?,24-,33?,35?/m0/s1. The summed E-state index contributed by atoms with van der Waals surface area (Å²) >= 11 is 3.59. The fraction of sp³-hybridized carbons (Fsp3) is 0.429. The Bertz CT molecular complexity index is 1360. The summed E-state index contributed by atoms with van der Waals surface area (Å²) in [6.45, 7) is 10.6. The van der Waals surface area contributed by atoms with Gasteiger partial charge in [0, 0.05) is 34.6 Å². The van der Waals surface area contributed by atoms with Gasteiger partial charge in [0.05, 0.1) is 6.61 Å². The van der Waals surface area contributed by atoms with Gasteiger partial charge in [-0.2, -0.15) is 0 Å². The van der Waals surface area contributed by atoms with E-state index in [1.54, 1.807) is 0 Å². The number of benzene rings is 3. The molecule has 0 aliphatic carbocycles. The summed E-state index contributed by atoms with van der Waals surface area (Å²) in [7, 11) is 0. The lowest BCUT2D eigenvalue weighted by molar-refractivity contribution is -0.105. The highest BCUT2D eigenvalue weighted by Crippen LogP contribution is 2.47. The predicted molar refractivity (Wildman–Crippen MR) is 167 cm³/mol. The van der Waals surface area contributed by atoms with Crippen LogP contribution in [0.25, 0.3) is 11.1 Å². The molecule has 0 saturated carbocycles. The highest BCUT2D eigenvalue weighted by molar-refractivity contribution is 9.10. The smallest absolute Gasteiger partial charge is 0.199 e. The molecule has 0 amide bonds. The van der Waals surface area contributed by atoms with Gasteiger partial charge in [-0.15, -0.1) is 0 Å². The zero-order chi connectivity index (χ0) is 28.3. The minimum atomic E-state index is -0.240. The van der Waals surface area contributed by atoms with Crippen LogP contribution in [0, 0.1) is 5.92 Å². The van der Waals surface area contributed by atoms with E-state index in [0.29, 0.717) is 12.6 Å². The Hall–Kier alpha value is -2.80. The summed E-state index contributed by atoms with van der Waals surface area (Å²) in [5.41, 5.74) is 5.62. The van der Waals surface area contributed by atoms with Gasteiger partial charge in [-0.05, 0) is 105 Å². The molecule has 0 aromatic heterocycles. The first-order valence-electron chi connectivity index (χ1n) is 15.0. The van der Waals surface area contributed by atoms with Crippen molar-refractivity contribution in [2.75, 3.05) is 26.3 Å². The molecule has 0 bridgehead atoms. The van der Waals surface area contributed by atoms with Crippen LogP contribution in [0.2, 0.25) is 0 Å². The van der Waals surface area contributed by atoms with Crippen LogP contribution >= 0.6 is 15.9 Å². The van der Waals surface area contributed by atoms with Crippen molar-refractivity contribution in [3.63, 3.8) is 0 Å². The summed E-state index contributed by atoms with van der Waals surface area (Å²) < 4.78 is 26.0. The van der Waals surface area contributed by atoms with E-state index in [1.807, 2.05) is 12.1 Å². The van der Waals surface area contributed by atoms with Crippen LogP contribution < -0.4 is 14.2 Å². The molecular weight excluding hydrogens is 578 g/mol. The Labute approximate surface area is 252 Å². The maximum atomic E-state index is 6.74. The van der Waals surface area contributed by atoms with Crippen molar-refractivity contribution in [2.45, 2.75) is 64.9 Å². The van der Waals surface area contributed by atoms with Gasteiger partial charge in [-0.3, -0.25) is 4.90 Å². The molecule has 216 valence electrons. The number of ether oxygens (including phenoxy) is 4. The molecule has 3 aliphatic heterocycles. The summed E-state index contributed by atoms with van der Waals surface area (Å²) in [4.78, 5) is 2.53. The minimum Gasteiger partial charge on any atom is -0.492 e. The molecule has 3 heterocycles. The van der Waals surface area contributed by atoms with E-state index in [0.717, 1.165) is 88.9 Å². The second-order valence-corrected chi connectivity index (χ2v) is 12.6. The van der Waals surface area contributed by atoms with Crippen LogP contribution in [0.4, 0.5) is 0 Å². The fourth-order valence-corrected chi connectivity index (χ4v) is 6.39. The third kappa shape index (κ3) is 6.50. The van der Waals surface area contributed by atoms with E-state index in [1.165, 1.54) is 12.0 Å². The van der Waals surface area contributed by atoms with Gasteiger partial charge in [-0.1, -0.05) is 47.1 Å². The van der Waals surface area contributed by atoms with Gasteiger partial charge in [0.1, 0.15) is 30.0 Å². The Kier molecular flexibility index (Phi) is 8.71. The number of hydrogen-bond acceptors (Lipinski definition) is 5. The molecule has 0 spiro atoms. The van der Waals surface area contributed by atoms with Crippen molar-refractivity contribution >= 4 is 27.1 Å². The largest absolute Gasteiger partial charge is 0.492 e. The van der Waals surface area contributed by atoms with Crippen molar-refractivity contribution in [3.05, 3.63) is 87.9 Å². The topological polar surface area (TPSA) is 40.2 Å². The average Bonchev–Trinajstić information content (AvgIpc) is 3.44. The zero-order valence-electron chi connectivity index (χ0n) is 24.3. The summed E-state index contributed by atoms with van der Waals surface area (Å²) in [5.74, 6) is 3.34. The van der Waals surface area contributed by atoms with E-state index in [4.69, 9.17) is 18.9 Å². The van der Waals surface area contributed by atoms with Gasteiger partial charge < -0.3 is 18.9 Å². The molecule has 6 rings (SSSR count). The highest BCUT2D eigenvalue weighted by atomic mass is 79.9. The molecule has 3 aromatic carbocycles. The number of hydrogen-bond donors (Lipinski definition) is 0. The molecule has 3 aliphatic rings. The maximum absolute atomic E-state index is 6.74. The van der Waals surface area contributed by atoms with Crippen molar-refractivity contribution < 1.29 is 18.9 Å². The van der Waals surface area contributed by atoms with Crippen molar-refractivity contribution in [1.29, 1.82) is 0 Å². The lowest BCUT2D eigenvalue weighted by atomic mass is 9.86. The Morgan fingerprint density at radius 2 is 1.76 bits per heavy atom. The lowest BCUT2D eigenvalue weighted by Gasteiger charge is -2.32. The first kappa shape index (κ1) is 28.3. The predicted octanol–water partition coefficient (Wildman–Crippen LogP) is 8.53. The van der Waals surface area contributed by atoms with Crippen molar-refractivity contribution in [3.8, 4) is 17.2 Å². The van der Waals surface area contributed by atoms with E-state index in [9.17, 15) is 0 Å². The Balaban J connectivity index is 1.25. The lowest BCUT2D eigenvalue weighted by Crippen LogP contribution is -2.35. The molecule has 5 nitrogen and oxygen atoms in total. The maximum Gasteiger partial charge on any atom is 0.199 e. The molecule has 6 heteroatoms. The van der Waals surface area contributed by atoms with Gasteiger partial charge in [0.2, 0.25) is 0 Å². The molecular formula is C35H40BrNO4. The third-order valence-corrected chi connectivity index (χ3v) is 9.11. The van der Waals surface area contributed by atoms with Gasteiger partial charge in [-0.25, -0.2) is 0 Å². The first-order chi connectivity index (χ1) is 19.9. The monoisotopic (exact) mass is 617 g/mol. The highest BCUT2D eigenvalue weighted by Gasteiger charge is 2.30. The average molecular weight is 619 g/mol. The fourth-order valence-electron chi connectivity index (χ4n) is 6.12. The number of halogens is 1. The molecule has 2 saturated heterocycles. The van der Waals surface area contributed by atoms with Crippen LogP contribution in [0.3, 0.4) is 0 Å². The number of nitrogens with zero attached hydrogens (tertiary/aromatic N) is 1. The van der Waals surface area contributed by atoms with Crippen LogP contribution in [-0.4, -0.2) is 43.5 Å². The molecule has 3 unspecified atom stereocenters. The quantitative estimate of drug-likeness (QED) is 0.253. The molecule has 41 heavy (non-hydrogen) atoms. The molecule has 4 atom stereocenters. The second-order valence-electron chi connectivity index (χ2n) is 11.7. The summed E-state index contributed by atoms with van der Waals surface area (Å²) in [6, 6.07) is 23.4. The number of likely N-dealkylation sites (tertiary alicyclic amines) is 1. The van der Waals surface area contributed by atoms with Crippen LogP contribution in [0.5, 0.6) is 17.2 Å². The molecule has 0 N–H and O–H groups in total. The first-order valence-corrected chi connectivity index (χ1v) is 15.8.